The van der Waals surface area contributed by atoms with Crippen LogP contribution < -0.4 is 10.6 Å². The highest BCUT2D eigenvalue weighted by molar-refractivity contribution is 6.08. The zero-order valence-electron chi connectivity index (χ0n) is 16.1. The lowest BCUT2D eigenvalue weighted by molar-refractivity contribution is -0.394. The van der Waals surface area contributed by atoms with Crippen molar-refractivity contribution in [2.45, 2.75) is 6.92 Å². The number of nitro benzene ring substituents is 2. The number of amides is 2. The van der Waals surface area contributed by atoms with Crippen molar-refractivity contribution < 1.29 is 19.4 Å². The number of hydrogen-bond acceptors (Lipinski definition) is 7. The number of nitrogens with zero attached hydrogens (tertiary/aromatic N) is 3. The van der Waals surface area contributed by atoms with Gasteiger partial charge in [-0.2, -0.15) is 0 Å². The molecule has 0 saturated carbocycles. The molecule has 0 unspecified atom stereocenters. The van der Waals surface area contributed by atoms with Crippen LogP contribution in [0.4, 0.5) is 22.7 Å². The maximum atomic E-state index is 12.7. The molecule has 0 bridgehead atoms. The minimum absolute atomic E-state index is 0.0142. The molecule has 2 aromatic carbocycles. The molecule has 0 saturated heterocycles. The Morgan fingerprint density at radius 3 is 2.19 bits per heavy atom. The third kappa shape index (κ3) is 4.85. The molecule has 11 heteroatoms. The molecule has 0 radical (unpaired) electrons. The van der Waals surface area contributed by atoms with Gasteiger partial charge < -0.3 is 10.6 Å². The average molecular weight is 421 g/mol. The summed E-state index contributed by atoms with van der Waals surface area (Å²) in [5, 5.41) is 27.5. The first-order valence-corrected chi connectivity index (χ1v) is 8.82. The Balaban J connectivity index is 1.86. The second kappa shape index (κ2) is 8.78. The molecule has 0 aliphatic rings. The molecule has 2 N–H and O–H groups in total. The Hall–Kier alpha value is -4.67. The fourth-order valence-corrected chi connectivity index (χ4v) is 2.79. The predicted octanol–water partition coefficient (Wildman–Crippen LogP) is 3.71. The molecule has 0 aliphatic carbocycles. The van der Waals surface area contributed by atoms with E-state index >= 15 is 0 Å². The van der Waals surface area contributed by atoms with E-state index in [2.05, 4.69) is 15.6 Å². The second-order valence-electron chi connectivity index (χ2n) is 6.38. The second-order valence-corrected chi connectivity index (χ2v) is 6.38. The molecule has 0 spiro atoms. The first kappa shape index (κ1) is 21.0. The number of nitrogens with one attached hydrogen (secondary N) is 2. The molecular formula is C20H15N5O6. The van der Waals surface area contributed by atoms with Gasteiger partial charge in [-0.1, -0.05) is 6.07 Å². The van der Waals surface area contributed by atoms with Crippen molar-refractivity contribution in [1.29, 1.82) is 0 Å². The summed E-state index contributed by atoms with van der Waals surface area (Å²) in [5.74, 6) is -1.21. The van der Waals surface area contributed by atoms with Gasteiger partial charge in [-0.15, -0.1) is 0 Å². The average Bonchev–Trinajstić information content (AvgIpc) is 2.74. The minimum atomic E-state index is -0.812. The molecule has 0 fully saturated rings. The van der Waals surface area contributed by atoms with E-state index < -0.39 is 33.0 Å². The Kier molecular flexibility index (Phi) is 5.96. The van der Waals surface area contributed by atoms with Crippen molar-refractivity contribution in [3.63, 3.8) is 0 Å². The standard InChI is InChI=1S/C20H15N5O6/c1-12-17(10-16(24(28)29)11-18(12)25(30)31)20(27)23-15-4-2-3-13(9-15)19(26)22-14-5-7-21-8-6-14/h2-11H,1H3,(H,23,27)(H,21,22,26). The van der Waals surface area contributed by atoms with Crippen molar-refractivity contribution >= 4 is 34.6 Å². The first-order valence-electron chi connectivity index (χ1n) is 8.82. The Morgan fingerprint density at radius 1 is 0.871 bits per heavy atom. The normalized spacial score (nSPS) is 10.2. The van der Waals surface area contributed by atoms with Gasteiger partial charge in [0.1, 0.15) is 0 Å². The van der Waals surface area contributed by atoms with Crippen LogP contribution >= 0.6 is 0 Å². The number of benzene rings is 2. The number of anilines is 2. The fourth-order valence-electron chi connectivity index (χ4n) is 2.79. The number of carbonyl (C=O) groups excluding carboxylic acids is 2. The zero-order valence-corrected chi connectivity index (χ0v) is 16.1. The number of rotatable bonds is 6. The minimum Gasteiger partial charge on any atom is -0.322 e. The van der Waals surface area contributed by atoms with Gasteiger partial charge in [-0.05, 0) is 37.3 Å². The van der Waals surface area contributed by atoms with Crippen molar-refractivity contribution in [1.82, 2.24) is 4.98 Å². The summed E-state index contributed by atoms with van der Waals surface area (Å²) in [7, 11) is 0. The van der Waals surface area contributed by atoms with Gasteiger partial charge in [-0.3, -0.25) is 34.8 Å². The van der Waals surface area contributed by atoms with Crippen LogP contribution in [0, 0.1) is 27.2 Å². The van der Waals surface area contributed by atoms with Crippen LogP contribution in [0.3, 0.4) is 0 Å². The van der Waals surface area contributed by atoms with Crippen molar-refractivity contribution in [2.75, 3.05) is 10.6 Å². The predicted molar refractivity (Wildman–Crippen MR) is 111 cm³/mol. The summed E-state index contributed by atoms with van der Waals surface area (Å²) in [6.45, 7) is 1.33. The molecule has 1 heterocycles. The lowest BCUT2D eigenvalue weighted by Gasteiger charge is -2.10. The highest BCUT2D eigenvalue weighted by Crippen LogP contribution is 2.28. The van der Waals surface area contributed by atoms with Crippen molar-refractivity contribution in [2.24, 2.45) is 0 Å². The van der Waals surface area contributed by atoms with E-state index in [0.717, 1.165) is 12.1 Å². The van der Waals surface area contributed by atoms with Crippen LogP contribution in [-0.4, -0.2) is 26.6 Å². The van der Waals surface area contributed by atoms with E-state index in [1.165, 1.54) is 37.5 Å². The first-order chi connectivity index (χ1) is 14.8. The largest absolute Gasteiger partial charge is 0.322 e. The fraction of sp³-hybridized carbons (Fsp3) is 0.0500. The number of non-ortho nitro benzene ring substituents is 1. The van der Waals surface area contributed by atoms with E-state index in [4.69, 9.17) is 0 Å². The SMILES string of the molecule is Cc1c(C(=O)Nc2cccc(C(=O)Nc3ccncc3)c2)cc([N+](=O)[O-])cc1[N+](=O)[O-]. The Labute approximate surface area is 175 Å². The van der Waals surface area contributed by atoms with Gasteiger partial charge in [0.25, 0.3) is 23.2 Å². The monoisotopic (exact) mass is 421 g/mol. The molecule has 1 aromatic heterocycles. The lowest BCUT2D eigenvalue weighted by atomic mass is 10.0. The smallest absolute Gasteiger partial charge is 0.279 e. The van der Waals surface area contributed by atoms with Gasteiger partial charge in [0, 0.05) is 41.0 Å². The van der Waals surface area contributed by atoms with E-state index in [-0.39, 0.29) is 22.4 Å². The molecule has 11 nitrogen and oxygen atoms in total. The quantitative estimate of drug-likeness (QED) is 0.453. The van der Waals surface area contributed by atoms with E-state index in [1.54, 1.807) is 18.2 Å². The molecular weight excluding hydrogens is 406 g/mol. The molecule has 156 valence electrons. The van der Waals surface area contributed by atoms with Crippen LogP contribution in [0.25, 0.3) is 0 Å². The van der Waals surface area contributed by atoms with Gasteiger partial charge in [0.15, 0.2) is 0 Å². The van der Waals surface area contributed by atoms with Gasteiger partial charge in [-0.25, -0.2) is 0 Å². The molecule has 2 amide bonds. The van der Waals surface area contributed by atoms with Gasteiger partial charge in [0.05, 0.1) is 21.5 Å². The molecule has 0 aliphatic heterocycles. The van der Waals surface area contributed by atoms with E-state index in [9.17, 15) is 29.8 Å². The summed E-state index contributed by atoms with van der Waals surface area (Å²) < 4.78 is 0. The van der Waals surface area contributed by atoms with E-state index in [1.807, 2.05) is 0 Å². The van der Waals surface area contributed by atoms with Crippen LogP contribution in [0.1, 0.15) is 26.3 Å². The lowest BCUT2D eigenvalue weighted by Crippen LogP contribution is -2.16. The highest BCUT2D eigenvalue weighted by Gasteiger charge is 2.25. The zero-order chi connectivity index (χ0) is 22.5. The number of nitro groups is 2. The van der Waals surface area contributed by atoms with Crippen LogP contribution in [-0.2, 0) is 0 Å². The molecule has 3 aromatic rings. The maximum Gasteiger partial charge on any atom is 0.279 e. The number of pyridine rings is 1. The number of carbonyl (C=O) groups is 2. The molecule has 31 heavy (non-hydrogen) atoms. The third-order valence-corrected chi connectivity index (χ3v) is 4.34. The molecule has 0 atom stereocenters. The summed E-state index contributed by atoms with van der Waals surface area (Å²) in [4.78, 5) is 49.7. The van der Waals surface area contributed by atoms with Gasteiger partial charge in [0.2, 0.25) is 0 Å². The van der Waals surface area contributed by atoms with Crippen LogP contribution in [0.2, 0.25) is 0 Å². The Morgan fingerprint density at radius 2 is 1.55 bits per heavy atom. The molecule has 3 rings (SSSR count). The van der Waals surface area contributed by atoms with Crippen molar-refractivity contribution in [3.8, 4) is 0 Å². The number of hydrogen-bond donors (Lipinski definition) is 2. The third-order valence-electron chi connectivity index (χ3n) is 4.34. The Bertz CT molecular complexity index is 1200. The topological polar surface area (TPSA) is 157 Å². The van der Waals surface area contributed by atoms with Crippen molar-refractivity contribution in [3.05, 3.63) is 97.8 Å². The van der Waals surface area contributed by atoms with Crippen LogP contribution in [0.15, 0.2) is 60.9 Å². The maximum absolute atomic E-state index is 12.7. The summed E-state index contributed by atoms with van der Waals surface area (Å²) in [6.07, 6.45) is 3.04. The highest BCUT2D eigenvalue weighted by atomic mass is 16.6. The van der Waals surface area contributed by atoms with Gasteiger partial charge >= 0.3 is 0 Å². The summed E-state index contributed by atoms with van der Waals surface area (Å²) in [5.41, 5.74) is -0.323. The summed E-state index contributed by atoms with van der Waals surface area (Å²) in [6, 6.07) is 11.0. The summed E-state index contributed by atoms with van der Waals surface area (Å²) >= 11 is 0. The van der Waals surface area contributed by atoms with Crippen LogP contribution in [0.5, 0.6) is 0 Å². The number of aromatic nitrogens is 1. The van der Waals surface area contributed by atoms with E-state index in [0.29, 0.717) is 5.69 Å².